The predicted octanol–water partition coefficient (Wildman–Crippen LogP) is 0.770. The van der Waals surface area contributed by atoms with E-state index in [9.17, 15) is 9.59 Å². The van der Waals surface area contributed by atoms with Gasteiger partial charge < -0.3 is 15.7 Å². The van der Waals surface area contributed by atoms with Crippen LogP contribution in [0.15, 0.2) is 5.38 Å². The topological polar surface area (TPSA) is 91.3 Å². The molecule has 0 bridgehead atoms. The Hall–Kier alpha value is -1.47. The van der Waals surface area contributed by atoms with Crippen LogP contribution in [0.2, 0.25) is 0 Å². The molecule has 2 atom stereocenters. The number of aromatic carboxylic acids is 1. The predicted molar refractivity (Wildman–Crippen MR) is 66.7 cm³/mol. The van der Waals surface area contributed by atoms with Crippen LogP contribution in [0.5, 0.6) is 0 Å². The number of carboxylic acids is 1. The Kier molecular flexibility index (Phi) is 3.93. The molecule has 2 rings (SSSR count). The van der Waals surface area contributed by atoms with E-state index in [0.29, 0.717) is 5.01 Å². The minimum Gasteiger partial charge on any atom is -0.476 e. The second-order valence-electron chi connectivity index (χ2n) is 4.26. The van der Waals surface area contributed by atoms with E-state index in [-0.39, 0.29) is 23.7 Å². The molecule has 1 aromatic rings. The number of nitrogens with zero attached hydrogens (tertiary/aromatic N) is 1. The highest BCUT2D eigenvalue weighted by Gasteiger charge is 2.24. The molecule has 7 heteroatoms. The summed E-state index contributed by atoms with van der Waals surface area (Å²) in [7, 11) is 0. The van der Waals surface area contributed by atoms with Crippen molar-refractivity contribution >= 4 is 23.2 Å². The van der Waals surface area contributed by atoms with Crippen LogP contribution in [0, 0.1) is 0 Å². The second kappa shape index (κ2) is 5.45. The molecule has 0 saturated carbocycles. The van der Waals surface area contributed by atoms with E-state index in [1.165, 1.54) is 16.7 Å². The fraction of sp³-hybridized carbons (Fsp3) is 0.545. The number of aromatic nitrogens is 1. The molecular weight excluding hydrogens is 254 g/mol. The van der Waals surface area contributed by atoms with E-state index < -0.39 is 5.97 Å². The van der Waals surface area contributed by atoms with Crippen LogP contribution in [-0.2, 0) is 4.79 Å². The van der Waals surface area contributed by atoms with E-state index in [2.05, 4.69) is 15.6 Å². The van der Waals surface area contributed by atoms with Crippen molar-refractivity contribution in [3.63, 3.8) is 0 Å². The maximum atomic E-state index is 11.9. The molecule has 1 aromatic heterocycles. The Morgan fingerprint density at radius 1 is 1.67 bits per heavy atom. The number of rotatable bonds is 4. The number of nitrogens with one attached hydrogen (secondary N) is 2. The van der Waals surface area contributed by atoms with Crippen LogP contribution >= 0.6 is 11.3 Å². The molecule has 2 heterocycles. The van der Waals surface area contributed by atoms with E-state index in [1.807, 2.05) is 0 Å². The molecular formula is C11H15N3O3S. The molecule has 0 radical (unpaired) electrons. The maximum Gasteiger partial charge on any atom is 0.355 e. The molecule has 3 N–H and O–H groups in total. The second-order valence-corrected chi connectivity index (χ2v) is 5.15. The van der Waals surface area contributed by atoms with Crippen LogP contribution in [0.25, 0.3) is 0 Å². The average molecular weight is 269 g/mol. The Balaban J connectivity index is 1.95. The van der Waals surface area contributed by atoms with E-state index in [1.54, 1.807) is 6.92 Å². The zero-order chi connectivity index (χ0) is 13.1. The Morgan fingerprint density at radius 3 is 3.00 bits per heavy atom. The van der Waals surface area contributed by atoms with Crippen molar-refractivity contribution in [3.8, 4) is 0 Å². The molecule has 0 aromatic carbocycles. The summed E-state index contributed by atoms with van der Waals surface area (Å²) in [6.45, 7) is 2.67. The third-order valence-electron chi connectivity index (χ3n) is 2.85. The third kappa shape index (κ3) is 2.85. The molecule has 1 fully saturated rings. The van der Waals surface area contributed by atoms with Gasteiger partial charge in [0.1, 0.15) is 5.01 Å². The van der Waals surface area contributed by atoms with Crippen molar-refractivity contribution in [1.82, 2.24) is 15.6 Å². The lowest BCUT2D eigenvalue weighted by atomic mass is 10.2. The molecule has 0 aliphatic carbocycles. The Morgan fingerprint density at radius 2 is 2.44 bits per heavy atom. The fourth-order valence-corrected chi connectivity index (χ4v) is 2.67. The van der Waals surface area contributed by atoms with Gasteiger partial charge in [-0.2, -0.15) is 0 Å². The van der Waals surface area contributed by atoms with E-state index in [0.717, 1.165) is 19.4 Å². The maximum absolute atomic E-state index is 11.9. The SMILES string of the molecule is CC(NC(=O)[C@@H]1CCCN1)c1nc(C(=O)O)cs1. The van der Waals surface area contributed by atoms with E-state index >= 15 is 0 Å². The number of amides is 1. The average Bonchev–Trinajstić information content (AvgIpc) is 3.00. The summed E-state index contributed by atoms with van der Waals surface area (Å²) >= 11 is 1.24. The number of thiazole rings is 1. The van der Waals surface area contributed by atoms with Crippen LogP contribution in [0.4, 0.5) is 0 Å². The van der Waals surface area contributed by atoms with Gasteiger partial charge in [-0.3, -0.25) is 4.79 Å². The van der Waals surface area contributed by atoms with Crippen molar-refractivity contribution in [3.05, 3.63) is 16.1 Å². The zero-order valence-electron chi connectivity index (χ0n) is 9.97. The van der Waals surface area contributed by atoms with Gasteiger partial charge in [0.2, 0.25) is 5.91 Å². The molecule has 98 valence electrons. The van der Waals surface area contributed by atoms with Crippen molar-refractivity contribution < 1.29 is 14.7 Å². The van der Waals surface area contributed by atoms with Crippen LogP contribution in [-0.4, -0.2) is 34.6 Å². The first kappa shape index (κ1) is 13.0. The molecule has 1 unspecified atom stereocenters. The molecule has 0 spiro atoms. The molecule has 18 heavy (non-hydrogen) atoms. The lowest BCUT2D eigenvalue weighted by molar-refractivity contribution is -0.123. The summed E-state index contributed by atoms with van der Waals surface area (Å²) in [6, 6.07) is -0.399. The lowest BCUT2D eigenvalue weighted by Gasteiger charge is -2.15. The number of carbonyl (C=O) groups is 2. The molecule has 1 saturated heterocycles. The quantitative estimate of drug-likeness (QED) is 0.751. The summed E-state index contributed by atoms with van der Waals surface area (Å²) in [4.78, 5) is 26.5. The summed E-state index contributed by atoms with van der Waals surface area (Å²) in [6.07, 6.45) is 1.85. The minimum atomic E-state index is -1.05. The number of carboxylic acid groups (broad SMARTS) is 1. The lowest BCUT2D eigenvalue weighted by Crippen LogP contribution is -2.41. The Bertz CT molecular complexity index is 454. The smallest absolute Gasteiger partial charge is 0.355 e. The molecule has 1 amide bonds. The van der Waals surface area contributed by atoms with Crippen LogP contribution in [0.1, 0.15) is 41.3 Å². The fourth-order valence-electron chi connectivity index (χ4n) is 1.87. The number of hydrogen-bond donors (Lipinski definition) is 3. The largest absolute Gasteiger partial charge is 0.476 e. The standard InChI is InChI=1S/C11H15N3O3S/c1-6(10-14-8(5-18-10)11(16)17)13-9(15)7-3-2-4-12-7/h5-7,12H,2-4H2,1H3,(H,13,15)(H,16,17)/t6?,7-/m0/s1. The molecule has 1 aliphatic heterocycles. The van der Waals surface area contributed by atoms with Crippen LogP contribution in [0.3, 0.4) is 0 Å². The van der Waals surface area contributed by atoms with Crippen molar-refractivity contribution in [1.29, 1.82) is 0 Å². The summed E-state index contributed by atoms with van der Waals surface area (Å²) in [5.41, 5.74) is 0.0232. The van der Waals surface area contributed by atoms with Crippen molar-refractivity contribution in [2.45, 2.75) is 31.8 Å². The van der Waals surface area contributed by atoms with Gasteiger partial charge >= 0.3 is 5.97 Å². The monoisotopic (exact) mass is 269 g/mol. The van der Waals surface area contributed by atoms with Gasteiger partial charge in [0.15, 0.2) is 5.69 Å². The van der Waals surface area contributed by atoms with E-state index in [4.69, 9.17) is 5.11 Å². The van der Waals surface area contributed by atoms with Gasteiger partial charge in [-0.25, -0.2) is 9.78 Å². The third-order valence-corrected chi connectivity index (χ3v) is 3.87. The van der Waals surface area contributed by atoms with Gasteiger partial charge in [0.05, 0.1) is 12.1 Å². The minimum absolute atomic E-state index is 0.0232. The van der Waals surface area contributed by atoms with Gasteiger partial charge in [-0.05, 0) is 26.3 Å². The zero-order valence-corrected chi connectivity index (χ0v) is 10.8. The Labute approximate surface area is 108 Å². The molecule has 1 aliphatic rings. The highest BCUT2D eigenvalue weighted by molar-refractivity contribution is 7.09. The summed E-state index contributed by atoms with van der Waals surface area (Å²) in [5.74, 6) is -1.10. The highest BCUT2D eigenvalue weighted by Crippen LogP contribution is 2.18. The van der Waals surface area contributed by atoms with Gasteiger partial charge in [-0.1, -0.05) is 0 Å². The summed E-state index contributed by atoms with van der Waals surface area (Å²) in [5, 5.41) is 16.8. The molecule has 6 nitrogen and oxygen atoms in total. The van der Waals surface area contributed by atoms with Gasteiger partial charge in [0.25, 0.3) is 0 Å². The van der Waals surface area contributed by atoms with Gasteiger partial charge in [0, 0.05) is 5.38 Å². The van der Waals surface area contributed by atoms with Gasteiger partial charge in [-0.15, -0.1) is 11.3 Å². The summed E-state index contributed by atoms with van der Waals surface area (Å²) < 4.78 is 0. The highest BCUT2D eigenvalue weighted by atomic mass is 32.1. The first-order valence-electron chi connectivity index (χ1n) is 5.80. The first-order chi connectivity index (χ1) is 8.58. The number of hydrogen-bond acceptors (Lipinski definition) is 5. The number of carbonyl (C=O) groups excluding carboxylic acids is 1. The van der Waals surface area contributed by atoms with Crippen LogP contribution < -0.4 is 10.6 Å². The normalized spacial score (nSPS) is 20.6. The first-order valence-corrected chi connectivity index (χ1v) is 6.68. The van der Waals surface area contributed by atoms with Crippen molar-refractivity contribution in [2.75, 3.05) is 6.54 Å². The van der Waals surface area contributed by atoms with Crippen molar-refractivity contribution in [2.24, 2.45) is 0 Å².